The molecule has 2 nitrogen and oxygen atoms in total. The van der Waals surface area contributed by atoms with Crippen molar-refractivity contribution in [3.05, 3.63) is 44.8 Å². The minimum Gasteiger partial charge on any atom is -0.296 e. The van der Waals surface area contributed by atoms with Crippen molar-refractivity contribution in [1.29, 1.82) is 0 Å². The Bertz CT molecular complexity index is 636. The summed E-state index contributed by atoms with van der Waals surface area (Å²) < 4.78 is 0. The number of hydrogen-bond donors (Lipinski definition) is 0. The van der Waals surface area contributed by atoms with E-state index in [1.807, 2.05) is 22.7 Å². The van der Waals surface area contributed by atoms with Gasteiger partial charge in [-0.2, -0.15) is 0 Å². The first kappa shape index (κ1) is 13.7. The Morgan fingerprint density at radius 3 is 2.91 bits per heavy atom. The summed E-state index contributed by atoms with van der Waals surface area (Å²) in [6.45, 7) is 5.06. The molecule has 1 spiro atoms. The maximum Gasteiger partial charge on any atom is 0.0451 e. The van der Waals surface area contributed by atoms with Crippen molar-refractivity contribution < 1.29 is 0 Å². The highest BCUT2D eigenvalue weighted by Gasteiger charge is 2.59. The SMILES string of the molecule is c1csc(CN2C[C@@H]3C[C@H](c4cccs4)N4CCC[C@@]34C2)c1. The molecule has 0 N–H and O–H groups in total. The van der Waals surface area contributed by atoms with Gasteiger partial charge >= 0.3 is 0 Å². The first-order valence-electron chi connectivity index (χ1n) is 8.40. The summed E-state index contributed by atoms with van der Waals surface area (Å²) in [6.07, 6.45) is 4.19. The van der Waals surface area contributed by atoms with Crippen LogP contribution in [0.1, 0.15) is 35.1 Å². The van der Waals surface area contributed by atoms with Crippen molar-refractivity contribution in [3.8, 4) is 0 Å². The minimum absolute atomic E-state index is 0.492. The van der Waals surface area contributed by atoms with Gasteiger partial charge in [-0.25, -0.2) is 0 Å². The van der Waals surface area contributed by atoms with Crippen LogP contribution in [0.3, 0.4) is 0 Å². The van der Waals surface area contributed by atoms with E-state index in [2.05, 4.69) is 44.8 Å². The van der Waals surface area contributed by atoms with Crippen molar-refractivity contribution in [2.24, 2.45) is 5.92 Å². The molecular formula is C18H22N2S2. The molecule has 2 aromatic heterocycles. The normalized spacial score (nSPS) is 35.1. The Morgan fingerprint density at radius 2 is 2.09 bits per heavy atom. The predicted molar refractivity (Wildman–Crippen MR) is 93.4 cm³/mol. The molecular weight excluding hydrogens is 308 g/mol. The molecule has 0 aliphatic carbocycles. The van der Waals surface area contributed by atoms with Gasteiger partial charge in [0, 0.05) is 41.0 Å². The topological polar surface area (TPSA) is 6.48 Å². The van der Waals surface area contributed by atoms with Gasteiger partial charge in [0.05, 0.1) is 0 Å². The lowest BCUT2D eigenvalue weighted by Crippen LogP contribution is -2.45. The monoisotopic (exact) mass is 330 g/mol. The van der Waals surface area contributed by atoms with E-state index in [0.717, 1.165) is 12.5 Å². The fourth-order valence-electron chi connectivity index (χ4n) is 5.24. The van der Waals surface area contributed by atoms with E-state index in [1.54, 1.807) is 4.88 Å². The van der Waals surface area contributed by atoms with E-state index in [4.69, 9.17) is 0 Å². The molecule has 0 amide bonds. The molecule has 0 bridgehead atoms. The zero-order chi connectivity index (χ0) is 14.6. The lowest BCUT2D eigenvalue weighted by atomic mass is 9.86. The Kier molecular flexibility index (Phi) is 3.22. The quantitative estimate of drug-likeness (QED) is 0.831. The van der Waals surface area contributed by atoms with Crippen LogP contribution in [0.4, 0.5) is 0 Å². The molecule has 0 radical (unpaired) electrons. The average Bonchev–Trinajstić information content (AvgIpc) is 3.25. The fourth-order valence-corrected chi connectivity index (χ4v) is 6.84. The minimum atomic E-state index is 0.492. The summed E-state index contributed by atoms with van der Waals surface area (Å²) >= 11 is 3.86. The van der Waals surface area contributed by atoms with Gasteiger partial charge in [-0.1, -0.05) is 12.1 Å². The smallest absolute Gasteiger partial charge is 0.0451 e. The van der Waals surface area contributed by atoms with Crippen LogP contribution in [0.5, 0.6) is 0 Å². The molecule has 3 aliphatic rings. The third kappa shape index (κ3) is 1.97. The van der Waals surface area contributed by atoms with Crippen LogP contribution >= 0.6 is 22.7 Å². The van der Waals surface area contributed by atoms with Crippen LogP contribution in [0, 0.1) is 5.92 Å². The van der Waals surface area contributed by atoms with Gasteiger partial charge in [0.2, 0.25) is 0 Å². The van der Waals surface area contributed by atoms with E-state index in [1.165, 1.54) is 43.8 Å². The number of thiophene rings is 2. The van der Waals surface area contributed by atoms with Crippen LogP contribution in [0.25, 0.3) is 0 Å². The van der Waals surface area contributed by atoms with E-state index >= 15 is 0 Å². The molecule has 3 aliphatic heterocycles. The van der Waals surface area contributed by atoms with E-state index in [0.29, 0.717) is 11.6 Å². The highest BCUT2D eigenvalue weighted by Crippen LogP contribution is 2.56. The molecule has 5 rings (SSSR count). The standard InChI is InChI=1S/C18H22N2S2/c1-4-15(21-8-1)12-19-11-14-10-16(17-5-2-9-22-17)20-7-3-6-18(14,20)13-19/h1-2,4-5,8-9,14,16H,3,6-7,10-13H2/t14-,16+,18+/m0/s1. The van der Waals surface area contributed by atoms with Gasteiger partial charge in [-0.3, -0.25) is 9.80 Å². The number of nitrogens with zero attached hydrogens (tertiary/aromatic N) is 2. The summed E-state index contributed by atoms with van der Waals surface area (Å²) in [4.78, 5) is 8.73. The van der Waals surface area contributed by atoms with Gasteiger partial charge in [0.1, 0.15) is 0 Å². The summed E-state index contributed by atoms with van der Waals surface area (Å²) in [7, 11) is 0. The van der Waals surface area contributed by atoms with Gasteiger partial charge in [0.25, 0.3) is 0 Å². The lowest BCUT2D eigenvalue weighted by Gasteiger charge is -2.34. The Labute approximate surface area is 140 Å². The molecule has 5 heterocycles. The first-order chi connectivity index (χ1) is 10.9. The molecule has 3 saturated heterocycles. The first-order valence-corrected chi connectivity index (χ1v) is 10.2. The summed E-state index contributed by atoms with van der Waals surface area (Å²) in [5, 5.41) is 4.45. The highest BCUT2D eigenvalue weighted by atomic mass is 32.1. The number of hydrogen-bond acceptors (Lipinski definition) is 4. The molecule has 3 fully saturated rings. The Balaban J connectivity index is 1.39. The maximum atomic E-state index is 2.89. The molecule has 116 valence electrons. The van der Waals surface area contributed by atoms with E-state index in [9.17, 15) is 0 Å². The van der Waals surface area contributed by atoms with Crippen LogP contribution in [-0.4, -0.2) is 35.0 Å². The van der Waals surface area contributed by atoms with Crippen LogP contribution in [-0.2, 0) is 6.54 Å². The second-order valence-corrected chi connectivity index (χ2v) is 9.12. The van der Waals surface area contributed by atoms with Crippen molar-refractivity contribution in [2.45, 2.75) is 37.4 Å². The highest BCUT2D eigenvalue weighted by molar-refractivity contribution is 7.10. The largest absolute Gasteiger partial charge is 0.296 e. The van der Waals surface area contributed by atoms with E-state index in [-0.39, 0.29) is 0 Å². The summed E-state index contributed by atoms with van der Waals surface area (Å²) in [5.41, 5.74) is 0.492. The van der Waals surface area contributed by atoms with Gasteiger partial charge < -0.3 is 0 Å². The van der Waals surface area contributed by atoms with Gasteiger partial charge in [-0.15, -0.1) is 22.7 Å². The van der Waals surface area contributed by atoms with Crippen molar-refractivity contribution in [1.82, 2.24) is 9.80 Å². The predicted octanol–water partition coefficient (Wildman–Crippen LogP) is 4.22. The average molecular weight is 331 g/mol. The van der Waals surface area contributed by atoms with E-state index < -0.39 is 0 Å². The Hall–Kier alpha value is -0.680. The number of likely N-dealkylation sites (tertiary alicyclic amines) is 1. The number of rotatable bonds is 3. The Morgan fingerprint density at radius 1 is 1.18 bits per heavy atom. The molecule has 3 atom stereocenters. The second-order valence-electron chi connectivity index (χ2n) is 7.11. The van der Waals surface area contributed by atoms with Crippen molar-refractivity contribution in [3.63, 3.8) is 0 Å². The summed E-state index contributed by atoms with van der Waals surface area (Å²) in [6, 6.07) is 9.75. The third-order valence-corrected chi connectivity index (χ3v) is 7.87. The third-order valence-electron chi connectivity index (χ3n) is 6.03. The molecule has 0 aromatic carbocycles. The van der Waals surface area contributed by atoms with Crippen LogP contribution < -0.4 is 0 Å². The fraction of sp³-hybridized carbons (Fsp3) is 0.556. The maximum absolute atomic E-state index is 2.89. The summed E-state index contributed by atoms with van der Waals surface area (Å²) in [5.74, 6) is 0.877. The van der Waals surface area contributed by atoms with Crippen LogP contribution in [0.2, 0.25) is 0 Å². The lowest BCUT2D eigenvalue weighted by molar-refractivity contribution is 0.133. The van der Waals surface area contributed by atoms with Gasteiger partial charge in [-0.05, 0) is 54.6 Å². The zero-order valence-electron chi connectivity index (χ0n) is 12.8. The molecule has 0 unspecified atom stereocenters. The van der Waals surface area contributed by atoms with Crippen molar-refractivity contribution >= 4 is 22.7 Å². The van der Waals surface area contributed by atoms with Gasteiger partial charge in [0.15, 0.2) is 0 Å². The second kappa shape index (κ2) is 5.17. The zero-order valence-corrected chi connectivity index (χ0v) is 14.4. The molecule has 22 heavy (non-hydrogen) atoms. The molecule has 4 heteroatoms. The molecule has 2 aromatic rings. The van der Waals surface area contributed by atoms with Crippen molar-refractivity contribution in [2.75, 3.05) is 19.6 Å². The molecule has 0 saturated carbocycles. The van der Waals surface area contributed by atoms with Crippen LogP contribution in [0.15, 0.2) is 35.0 Å².